The fourth-order valence-electron chi connectivity index (χ4n) is 1.84. The molecule has 0 radical (unpaired) electrons. The zero-order valence-corrected chi connectivity index (χ0v) is 15.5. The summed E-state index contributed by atoms with van der Waals surface area (Å²) in [6.45, 7) is 9.16. The molecule has 1 aliphatic rings. The second-order valence-electron chi connectivity index (χ2n) is 4.00. The van der Waals surface area contributed by atoms with Crippen LogP contribution in [-0.2, 0) is 9.07 Å². The number of rotatable bonds is 5. The fraction of sp³-hybridized carbons (Fsp3) is 0.364. The van der Waals surface area contributed by atoms with E-state index >= 15 is 0 Å². The van der Waals surface area contributed by atoms with Gasteiger partial charge in [-0.3, -0.25) is 4.21 Å². The third-order valence-corrected chi connectivity index (χ3v) is 10.4. The number of alkyl halides is 2. The number of thiol groups is 2. The van der Waals surface area contributed by atoms with E-state index in [2.05, 4.69) is 70.3 Å². The minimum absolute atomic E-state index is 0.249. The molecule has 0 fully saturated rings. The lowest BCUT2D eigenvalue weighted by Gasteiger charge is -2.24. The monoisotopic (exact) mass is 429 g/mol. The van der Waals surface area contributed by atoms with Crippen molar-refractivity contribution < 1.29 is 4.21 Å². The first kappa shape index (κ1) is 16.6. The average molecular weight is 431 g/mol. The number of halogens is 2. The van der Waals surface area contributed by atoms with Crippen LogP contribution in [-0.4, -0.2) is 13.2 Å². The number of nitrogens with zero attached hydrogens (tertiary/aromatic N) is 1. The van der Waals surface area contributed by atoms with Gasteiger partial charge >= 0.3 is 0 Å². The van der Waals surface area contributed by atoms with Crippen LogP contribution in [0.1, 0.15) is 13.3 Å². The van der Waals surface area contributed by atoms with Crippen molar-refractivity contribution >= 4 is 66.2 Å². The normalized spacial score (nSPS) is 22.6. The zero-order valence-electron chi connectivity index (χ0n) is 9.74. The highest BCUT2D eigenvalue weighted by molar-refractivity contribution is 9.26. The molecule has 7 heteroatoms. The van der Waals surface area contributed by atoms with Crippen LogP contribution >= 0.6 is 57.1 Å². The van der Waals surface area contributed by atoms with Gasteiger partial charge in [-0.1, -0.05) is 51.9 Å². The molecule has 1 rings (SSSR count). The summed E-state index contributed by atoms with van der Waals surface area (Å²) in [4.78, 5) is 2.14. The Hall–Kier alpha value is 0.520. The van der Waals surface area contributed by atoms with Crippen molar-refractivity contribution in [3.63, 3.8) is 0 Å². The zero-order chi connectivity index (χ0) is 14.4. The van der Waals surface area contributed by atoms with E-state index in [4.69, 9.17) is 0 Å². The van der Waals surface area contributed by atoms with Gasteiger partial charge in [-0.05, 0) is 4.91 Å². The van der Waals surface area contributed by atoms with Crippen LogP contribution in [0.2, 0.25) is 0 Å². The fourth-order valence-corrected chi connectivity index (χ4v) is 8.56. The number of hydrogen-bond donors (Lipinski definition) is 2. The second kappa shape index (κ2) is 4.81. The first-order valence-corrected chi connectivity index (χ1v) is 9.60. The quantitative estimate of drug-likeness (QED) is 0.387. The van der Waals surface area contributed by atoms with Gasteiger partial charge < -0.3 is 0 Å². The van der Waals surface area contributed by atoms with Crippen molar-refractivity contribution in [2.75, 3.05) is 5.75 Å². The molecule has 0 bridgehead atoms. The molecule has 0 aliphatic carbocycles. The Labute approximate surface area is 135 Å². The summed E-state index contributed by atoms with van der Waals surface area (Å²) >= 11 is 15.1. The molecule has 0 saturated heterocycles. The molecule has 1 aliphatic heterocycles. The van der Waals surface area contributed by atoms with Gasteiger partial charge in [0, 0.05) is 31.0 Å². The average Bonchev–Trinajstić information content (AvgIpc) is 2.81. The van der Waals surface area contributed by atoms with E-state index in [-0.39, 0.29) is 5.75 Å². The van der Waals surface area contributed by atoms with Crippen LogP contribution in [0.25, 0.3) is 0 Å². The van der Waals surface area contributed by atoms with E-state index in [1.165, 1.54) is 0 Å². The van der Waals surface area contributed by atoms with Gasteiger partial charge in [-0.2, -0.15) is 5.26 Å². The van der Waals surface area contributed by atoms with Crippen LogP contribution in [0.3, 0.4) is 0 Å². The van der Waals surface area contributed by atoms with Crippen molar-refractivity contribution in [2.24, 2.45) is 0 Å². The van der Waals surface area contributed by atoms with Crippen molar-refractivity contribution in [1.29, 1.82) is 5.26 Å². The highest BCUT2D eigenvalue weighted by Crippen LogP contribution is 2.69. The molecule has 0 saturated carbocycles. The lowest BCUT2D eigenvalue weighted by atomic mass is 10.3. The Balaban J connectivity index is 3.43. The SMILES string of the molecule is C=C(S)CC1=C(C(Br)(Br)C(=C)S)S1(=O)(C#N)CC. The number of hydrogen-bond acceptors (Lipinski definition) is 4. The van der Waals surface area contributed by atoms with Crippen molar-refractivity contribution in [3.8, 4) is 5.40 Å². The van der Waals surface area contributed by atoms with E-state index in [1.54, 1.807) is 6.92 Å². The molecular formula is C11H13Br2NOS3. The largest absolute Gasteiger partial charge is 0.260 e. The van der Waals surface area contributed by atoms with Gasteiger partial charge in [-0.25, -0.2) is 0 Å². The molecule has 0 aromatic heterocycles. The maximum absolute atomic E-state index is 13.1. The Kier molecular flexibility index (Phi) is 4.43. The van der Waals surface area contributed by atoms with Gasteiger partial charge in [0.15, 0.2) is 0 Å². The molecule has 18 heavy (non-hydrogen) atoms. The van der Waals surface area contributed by atoms with E-state index in [0.717, 1.165) is 0 Å². The van der Waals surface area contributed by atoms with Gasteiger partial charge in [-0.15, -0.1) is 25.3 Å². The smallest absolute Gasteiger partial charge is 0.150 e. The summed E-state index contributed by atoms with van der Waals surface area (Å²) in [6, 6.07) is 0. The Morgan fingerprint density at radius 1 is 1.50 bits per heavy atom. The van der Waals surface area contributed by atoms with E-state index in [0.29, 0.717) is 26.0 Å². The highest BCUT2D eigenvalue weighted by atomic mass is 79.9. The predicted molar refractivity (Wildman–Crippen MR) is 92.8 cm³/mol. The van der Waals surface area contributed by atoms with Gasteiger partial charge in [0.05, 0.1) is 4.91 Å². The summed E-state index contributed by atoms with van der Waals surface area (Å²) in [5, 5.41) is 11.4. The van der Waals surface area contributed by atoms with Crippen LogP contribution in [0.4, 0.5) is 0 Å². The van der Waals surface area contributed by atoms with Gasteiger partial charge in [0.25, 0.3) is 0 Å². The summed E-state index contributed by atoms with van der Waals surface area (Å²) < 4.78 is 12.2. The molecule has 0 aromatic carbocycles. The predicted octanol–water partition coefficient (Wildman–Crippen LogP) is 4.30. The maximum atomic E-state index is 13.1. The summed E-state index contributed by atoms with van der Waals surface area (Å²) in [7, 11) is -3.55. The number of thiocyanates is 1. The first-order chi connectivity index (χ1) is 8.05. The van der Waals surface area contributed by atoms with Crippen LogP contribution < -0.4 is 0 Å². The van der Waals surface area contributed by atoms with Crippen molar-refractivity contribution in [3.05, 3.63) is 32.8 Å². The minimum Gasteiger partial charge on any atom is -0.260 e. The molecule has 2 nitrogen and oxygen atoms in total. The third kappa shape index (κ3) is 2.20. The molecule has 0 spiro atoms. The Bertz CT molecular complexity index is 586. The van der Waals surface area contributed by atoms with Gasteiger partial charge in [0.2, 0.25) is 0 Å². The molecule has 1 heterocycles. The number of nitriles is 1. The molecule has 100 valence electrons. The lowest BCUT2D eigenvalue weighted by molar-refractivity contribution is 0.677. The Morgan fingerprint density at radius 3 is 2.28 bits per heavy atom. The van der Waals surface area contributed by atoms with Gasteiger partial charge in [0.1, 0.15) is 8.63 Å². The lowest BCUT2D eigenvalue weighted by Crippen LogP contribution is -2.26. The summed E-state index contributed by atoms with van der Waals surface area (Å²) in [5.74, 6) is 0.249. The molecular weight excluding hydrogens is 418 g/mol. The van der Waals surface area contributed by atoms with Crippen LogP contribution in [0, 0.1) is 10.7 Å². The summed E-state index contributed by atoms with van der Waals surface area (Å²) in [5.41, 5.74) is 0. The molecule has 0 atom stereocenters. The number of allylic oxidation sites excluding steroid dienone is 4. The molecule has 0 N–H and O–H groups in total. The highest BCUT2D eigenvalue weighted by Gasteiger charge is 2.65. The first-order valence-electron chi connectivity index (χ1n) is 4.99. The third-order valence-electron chi connectivity index (χ3n) is 2.92. The van der Waals surface area contributed by atoms with Crippen molar-refractivity contribution in [1.82, 2.24) is 0 Å². The van der Waals surface area contributed by atoms with E-state index in [9.17, 15) is 9.47 Å². The minimum atomic E-state index is -3.55. The summed E-state index contributed by atoms with van der Waals surface area (Å²) in [6.07, 6.45) is 0.339. The molecule has 0 unspecified atom stereocenters. The van der Waals surface area contributed by atoms with Crippen LogP contribution in [0.15, 0.2) is 32.8 Å². The van der Waals surface area contributed by atoms with Crippen LogP contribution in [0.5, 0.6) is 0 Å². The topological polar surface area (TPSA) is 40.9 Å². The maximum Gasteiger partial charge on any atom is 0.150 e. The molecule has 0 aromatic rings. The van der Waals surface area contributed by atoms with E-state index in [1.807, 2.05) is 5.40 Å². The standard InChI is InChI=1S/C11H13Br2NOS3/c1-4-18(15,6-14)9(5-7(2)16)10(18)11(12,13)8(3)17/h16-17H,2-5H2,1H3. The Morgan fingerprint density at radius 2 is 2.00 bits per heavy atom. The van der Waals surface area contributed by atoms with Crippen molar-refractivity contribution in [2.45, 2.75) is 16.6 Å². The second-order valence-corrected chi connectivity index (χ2v) is 12.5. The molecule has 0 amide bonds. The van der Waals surface area contributed by atoms with E-state index < -0.39 is 12.3 Å².